The van der Waals surface area contributed by atoms with E-state index in [1.165, 1.54) is 6.07 Å². The van der Waals surface area contributed by atoms with Crippen molar-refractivity contribution in [3.63, 3.8) is 0 Å². The number of aromatic nitrogens is 1. The third-order valence-corrected chi connectivity index (χ3v) is 4.85. The average molecular weight is 374 g/mol. The van der Waals surface area contributed by atoms with Crippen LogP contribution in [0.5, 0.6) is 11.5 Å². The minimum atomic E-state index is -0.383. The molecule has 0 bridgehead atoms. The molecule has 28 heavy (non-hydrogen) atoms. The number of hydrogen-bond acceptors (Lipinski definition) is 5. The molecule has 1 aliphatic rings. The number of nitrogens with zero attached hydrogens (tertiary/aromatic N) is 2. The monoisotopic (exact) mass is 374 g/mol. The second-order valence-corrected chi connectivity index (χ2v) is 6.46. The molecule has 0 amide bonds. The molecule has 0 unspecified atom stereocenters. The minimum absolute atomic E-state index is 0.0590. The molecule has 0 radical (unpaired) electrons. The van der Waals surface area contributed by atoms with Crippen molar-refractivity contribution in [2.75, 3.05) is 7.11 Å². The summed E-state index contributed by atoms with van der Waals surface area (Å²) in [6, 6.07) is 16.2. The first-order chi connectivity index (χ1) is 13.6. The fraction of sp³-hybridized carbons (Fsp3) is 0.136. The molecule has 2 heterocycles. The van der Waals surface area contributed by atoms with E-state index in [0.717, 1.165) is 33.5 Å². The number of hydrogen-bond donors (Lipinski definition) is 0. The molecule has 6 heteroatoms. The summed E-state index contributed by atoms with van der Waals surface area (Å²) in [4.78, 5) is 15.3. The van der Waals surface area contributed by atoms with Crippen molar-refractivity contribution in [2.24, 2.45) is 0 Å². The van der Waals surface area contributed by atoms with E-state index in [0.29, 0.717) is 18.1 Å². The van der Waals surface area contributed by atoms with Gasteiger partial charge < -0.3 is 9.47 Å². The molecule has 4 rings (SSSR count). The van der Waals surface area contributed by atoms with Gasteiger partial charge in [-0.1, -0.05) is 18.2 Å². The Hall–Kier alpha value is -3.67. The number of rotatable bonds is 3. The largest absolute Gasteiger partial charge is 0.497 e. The summed E-state index contributed by atoms with van der Waals surface area (Å²) < 4.78 is 11.3. The van der Waals surface area contributed by atoms with Crippen LogP contribution in [0.4, 0.5) is 5.69 Å². The standard InChI is InChI=1S/C22H18N2O4/c1-14(15-5-3-6-16(11-15)24(25)26)22-18-7-4-10-23-20(18)13-28-21-12-17(27-2)8-9-19(21)22/h3-12H,13H2,1-2H3/b22-14+. The van der Waals surface area contributed by atoms with Crippen LogP contribution in [-0.4, -0.2) is 17.0 Å². The number of nitro groups is 1. The van der Waals surface area contributed by atoms with E-state index in [1.807, 2.05) is 43.3 Å². The lowest BCUT2D eigenvalue weighted by molar-refractivity contribution is -0.384. The maximum absolute atomic E-state index is 11.2. The SMILES string of the molecule is COc1ccc2c(c1)OCc1ncccc1/C2=C(/C)c1cccc([N+](=O)[O-])c1. The molecular weight excluding hydrogens is 356 g/mol. The summed E-state index contributed by atoms with van der Waals surface area (Å²) in [7, 11) is 1.61. The normalized spacial score (nSPS) is 14.2. The molecule has 1 aliphatic heterocycles. The summed E-state index contributed by atoms with van der Waals surface area (Å²) in [5.74, 6) is 1.39. The van der Waals surface area contributed by atoms with Gasteiger partial charge in [-0.05, 0) is 41.8 Å². The lowest BCUT2D eigenvalue weighted by Gasteiger charge is -2.15. The van der Waals surface area contributed by atoms with Gasteiger partial charge in [0.05, 0.1) is 17.7 Å². The van der Waals surface area contributed by atoms with Gasteiger partial charge in [0, 0.05) is 35.5 Å². The molecule has 6 nitrogen and oxygen atoms in total. The van der Waals surface area contributed by atoms with Gasteiger partial charge in [0.1, 0.15) is 18.1 Å². The second kappa shape index (κ2) is 7.15. The zero-order chi connectivity index (χ0) is 19.7. The van der Waals surface area contributed by atoms with Gasteiger partial charge in [-0.3, -0.25) is 15.1 Å². The van der Waals surface area contributed by atoms with Crippen molar-refractivity contribution in [2.45, 2.75) is 13.5 Å². The van der Waals surface area contributed by atoms with Crippen LogP contribution in [-0.2, 0) is 6.61 Å². The van der Waals surface area contributed by atoms with Crippen molar-refractivity contribution >= 4 is 16.8 Å². The van der Waals surface area contributed by atoms with Crippen LogP contribution in [0.3, 0.4) is 0 Å². The zero-order valence-corrected chi connectivity index (χ0v) is 15.5. The number of benzene rings is 2. The number of nitro benzene ring substituents is 1. The number of ether oxygens (including phenoxy) is 2. The molecule has 0 spiro atoms. The number of non-ortho nitro benzene ring substituents is 1. The highest BCUT2D eigenvalue weighted by atomic mass is 16.6. The van der Waals surface area contributed by atoms with Crippen LogP contribution >= 0.6 is 0 Å². The summed E-state index contributed by atoms with van der Waals surface area (Å²) in [6.45, 7) is 2.30. The highest BCUT2D eigenvalue weighted by Crippen LogP contribution is 2.42. The second-order valence-electron chi connectivity index (χ2n) is 6.46. The Morgan fingerprint density at radius 3 is 2.79 bits per heavy atom. The molecule has 1 aromatic heterocycles. The van der Waals surface area contributed by atoms with Crippen LogP contribution in [0, 0.1) is 10.1 Å². The van der Waals surface area contributed by atoms with Crippen molar-refractivity contribution in [3.05, 3.63) is 93.3 Å². The molecule has 0 saturated heterocycles. The van der Waals surface area contributed by atoms with E-state index in [4.69, 9.17) is 9.47 Å². The van der Waals surface area contributed by atoms with Gasteiger partial charge in [0.2, 0.25) is 0 Å². The molecule has 140 valence electrons. The molecule has 0 saturated carbocycles. The maximum atomic E-state index is 11.2. The van der Waals surface area contributed by atoms with E-state index in [-0.39, 0.29) is 10.6 Å². The van der Waals surface area contributed by atoms with E-state index in [9.17, 15) is 10.1 Å². The molecule has 0 N–H and O–H groups in total. The van der Waals surface area contributed by atoms with Crippen LogP contribution < -0.4 is 9.47 Å². The highest BCUT2D eigenvalue weighted by Gasteiger charge is 2.23. The Morgan fingerprint density at radius 1 is 1.14 bits per heavy atom. The smallest absolute Gasteiger partial charge is 0.270 e. The van der Waals surface area contributed by atoms with Crippen molar-refractivity contribution < 1.29 is 14.4 Å². The first-order valence-corrected chi connectivity index (χ1v) is 8.79. The molecule has 3 aromatic rings. The van der Waals surface area contributed by atoms with Gasteiger partial charge in [0.15, 0.2) is 0 Å². The lowest BCUT2D eigenvalue weighted by Crippen LogP contribution is -1.99. The molecule has 0 atom stereocenters. The van der Waals surface area contributed by atoms with Gasteiger partial charge in [-0.2, -0.15) is 0 Å². The van der Waals surface area contributed by atoms with E-state index in [2.05, 4.69) is 4.98 Å². The zero-order valence-electron chi connectivity index (χ0n) is 15.5. The Kier molecular flexibility index (Phi) is 4.53. The third-order valence-electron chi connectivity index (χ3n) is 4.85. The Labute approximate surface area is 162 Å². The summed E-state index contributed by atoms with van der Waals surface area (Å²) in [6.07, 6.45) is 1.74. The van der Waals surface area contributed by atoms with Crippen LogP contribution in [0.25, 0.3) is 11.1 Å². The molecule has 2 aromatic carbocycles. The van der Waals surface area contributed by atoms with E-state index >= 15 is 0 Å². The highest BCUT2D eigenvalue weighted by molar-refractivity contribution is 6.00. The predicted molar refractivity (Wildman–Crippen MR) is 106 cm³/mol. The number of allylic oxidation sites excluding steroid dienone is 1. The third kappa shape index (κ3) is 3.09. The fourth-order valence-electron chi connectivity index (χ4n) is 3.43. The van der Waals surface area contributed by atoms with Crippen molar-refractivity contribution in [3.8, 4) is 11.5 Å². The van der Waals surface area contributed by atoms with E-state index < -0.39 is 0 Å². The van der Waals surface area contributed by atoms with Crippen LogP contribution in [0.2, 0.25) is 0 Å². The quantitative estimate of drug-likeness (QED) is 0.483. The van der Waals surface area contributed by atoms with Gasteiger partial charge in [-0.15, -0.1) is 0 Å². The Bertz CT molecular complexity index is 1110. The fourth-order valence-corrected chi connectivity index (χ4v) is 3.43. The van der Waals surface area contributed by atoms with Gasteiger partial charge >= 0.3 is 0 Å². The summed E-state index contributed by atoms with van der Waals surface area (Å²) in [5, 5.41) is 11.2. The first kappa shape index (κ1) is 17.7. The topological polar surface area (TPSA) is 74.5 Å². The molecular formula is C22H18N2O4. The molecule has 0 fully saturated rings. The average Bonchev–Trinajstić information content (AvgIpc) is 2.89. The summed E-state index contributed by atoms with van der Waals surface area (Å²) in [5.41, 5.74) is 5.37. The number of methoxy groups -OCH3 is 1. The lowest BCUT2D eigenvalue weighted by atomic mass is 9.89. The van der Waals surface area contributed by atoms with Crippen molar-refractivity contribution in [1.82, 2.24) is 4.98 Å². The van der Waals surface area contributed by atoms with E-state index in [1.54, 1.807) is 25.4 Å². The van der Waals surface area contributed by atoms with Crippen molar-refractivity contribution in [1.29, 1.82) is 0 Å². The Balaban J connectivity index is 2.00. The summed E-state index contributed by atoms with van der Waals surface area (Å²) >= 11 is 0. The number of fused-ring (bicyclic) bond motifs is 2. The molecule has 0 aliphatic carbocycles. The minimum Gasteiger partial charge on any atom is -0.497 e. The van der Waals surface area contributed by atoms with Crippen LogP contribution in [0.1, 0.15) is 29.3 Å². The van der Waals surface area contributed by atoms with Crippen LogP contribution in [0.15, 0.2) is 60.8 Å². The number of pyridine rings is 1. The predicted octanol–water partition coefficient (Wildman–Crippen LogP) is 4.87. The first-order valence-electron chi connectivity index (χ1n) is 8.79. The van der Waals surface area contributed by atoms with Gasteiger partial charge in [-0.25, -0.2) is 0 Å². The maximum Gasteiger partial charge on any atom is 0.270 e. The Morgan fingerprint density at radius 2 is 2.00 bits per heavy atom. The van der Waals surface area contributed by atoms with Gasteiger partial charge in [0.25, 0.3) is 5.69 Å².